The van der Waals surface area contributed by atoms with E-state index < -0.39 is 0 Å². The number of carbonyl (C=O) groups excluding carboxylic acids is 1. The molecule has 1 aromatic rings. The molecule has 4 nitrogen and oxygen atoms in total. The molecular formula is C14H21N3O. The number of rotatable bonds is 4. The average Bonchev–Trinajstić information content (AvgIpc) is 2.38. The maximum Gasteiger partial charge on any atom is 0.218 e. The summed E-state index contributed by atoms with van der Waals surface area (Å²) in [6, 6.07) is 10.8. The summed E-state index contributed by atoms with van der Waals surface area (Å²) >= 11 is 0. The maximum atomic E-state index is 10.9. The molecule has 0 aliphatic carbocycles. The minimum atomic E-state index is -0.222. The number of piperazine rings is 1. The van der Waals surface area contributed by atoms with E-state index in [2.05, 4.69) is 41.1 Å². The molecule has 2 rings (SSSR count). The Labute approximate surface area is 108 Å². The van der Waals surface area contributed by atoms with E-state index >= 15 is 0 Å². The van der Waals surface area contributed by atoms with Gasteiger partial charge in [0.15, 0.2) is 0 Å². The fourth-order valence-electron chi connectivity index (χ4n) is 2.47. The number of hydrogen-bond donors (Lipinski definition) is 1. The third-order valence-corrected chi connectivity index (χ3v) is 3.52. The van der Waals surface area contributed by atoms with Crippen LogP contribution in [-0.2, 0) is 4.79 Å². The second-order valence-electron chi connectivity index (χ2n) is 4.94. The molecule has 4 heteroatoms. The molecule has 1 atom stereocenters. The number of benzene rings is 1. The molecule has 18 heavy (non-hydrogen) atoms. The van der Waals surface area contributed by atoms with Crippen molar-refractivity contribution < 1.29 is 4.79 Å². The average molecular weight is 247 g/mol. The Morgan fingerprint density at radius 3 is 2.72 bits per heavy atom. The van der Waals surface area contributed by atoms with Crippen molar-refractivity contribution in [2.24, 2.45) is 5.73 Å². The van der Waals surface area contributed by atoms with Gasteiger partial charge in [0.25, 0.3) is 0 Å². The number of amides is 1. The monoisotopic (exact) mass is 247 g/mol. The van der Waals surface area contributed by atoms with Crippen LogP contribution in [0, 0.1) is 0 Å². The molecule has 1 saturated heterocycles. The quantitative estimate of drug-likeness (QED) is 0.858. The molecule has 1 aliphatic heterocycles. The highest BCUT2D eigenvalue weighted by molar-refractivity contribution is 5.73. The Morgan fingerprint density at radius 1 is 1.33 bits per heavy atom. The zero-order valence-corrected chi connectivity index (χ0v) is 10.9. The van der Waals surface area contributed by atoms with Crippen LogP contribution in [0.15, 0.2) is 30.3 Å². The van der Waals surface area contributed by atoms with Crippen LogP contribution in [0.5, 0.6) is 0 Å². The van der Waals surface area contributed by atoms with Crippen LogP contribution in [0.1, 0.15) is 18.0 Å². The number of nitrogens with zero attached hydrogens (tertiary/aromatic N) is 2. The molecule has 2 N–H and O–H groups in total. The normalized spacial score (nSPS) is 21.9. The lowest BCUT2D eigenvalue weighted by Gasteiger charge is -2.40. The van der Waals surface area contributed by atoms with E-state index in [0.717, 1.165) is 26.2 Å². The van der Waals surface area contributed by atoms with Crippen LogP contribution >= 0.6 is 0 Å². The van der Waals surface area contributed by atoms with Gasteiger partial charge >= 0.3 is 0 Å². The van der Waals surface area contributed by atoms with E-state index in [9.17, 15) is 4.79 Å². The van der Waals surface area contributed by atoms with Crippen LogP contribution in [0.3, 0.4) is 0 Å². The van der Waals surface area contributed by atoms with Crippen molar-refractivity contribution in [3.8, 4) is 0 Å². The van der Waals surface area contributed by atoms with Crippen LogP contribution in [-0.4, -0.2) is 48.9 Å². The third kappa shape index (κ3) is 3.31. The topological polar surface area (TPSA) is 49.6 Å². The first-order chi connectivity index (χ1) is 8.66. The Balaban J connectivity index is 2.08. The lowest BCUT2D eigenvalue weighted by molar-refractivity contribution is -0.118. The summed E-state index contributed by atoms with van der Waals surface area (Å²) in [7, 11) is 2.14. The van der Waals surface area contributed by atoms with Crippen molar-refractivity contribution in [1.82, 2.24) is 9.80 Å². The van der Waals surface area contributed by atoms with Gasteiger partial charge in [0.2, 0.25) is 5.91 Å². The Morgan fingerprint density at radius 2 is 2.06 bits per heavy atom. The van der Waals surface area contributed by atoms with Crippen LogP contribution < -0.4 is 5.73 Å². The summed E-state index contributed by atoms with van der Waals surface area (Å²) in [5, 5.41) is 0. The summed E-state index contributed by atoms with van der Waals surface area (Å²) in [4.78, 5) is 15.6. The molecule has 0 spiro atoms. The van der Waals surface area contributed by atoms with Crippen molar-refractivity contribution in [2.75, 3.05) is 33.2 Å². The number of carbonyl (C=O) groups is 1. The SMILES string of the molecule is CN1CCN(CCC(N)=O)C(c2ccccc2)C1. The van der Waals surface area contributed by atoms with Crippen molar-refractivity contribution in [3.63, 3.8) is 0 Å². The van der Waals surface area contributed by atoms with Gasteiger partial charge in [-0.15, -0.1) is 0 Å². The highest BCUT2D eigenvalue weighted by Crippen LogP contribution is 2.24. The molecule has 98 valence electrons. The lowest BCUT2D eigenvalue weighted by atomic mass is 10.0. The minimum absolute atomic E-state index is 0.222. The molecule has 0 radical (unpaired) electrons. The number of primary amides is 1. The van der Waals surface area contributed by atoms with Crippen molar-refractivity contribution in [1.29, 1.82) is 0 Å². The predicted octanol–water partition coefficient (Wildman–Crippen LogP) is 0.851. The molecule has 1 unspecified atom stereocenters. The highest BCUT2D eigenvalue weighted by Gasteiger charge is 2.26. The highest BCUT2D eigenvalue weighted by atomic mass is 16.1. The molecule has 0 saturated carbocycles. The van der Waals surface area contributed by atoms with Gasteiger partial charge in [-0.1, -0.05) is 30.3 Å². The first-order valence-electron chi connectivity index (χ1n) is 6.42. The summed E-state index contributed by atoms with van der Waals surface area (Å²) in [6.45, 7) is 3.79. The summed E-state index contributed by atoms with van der Waals surface area (Å²) in [5.41, 5.74) is 6.56. The zero-order chi connectivity index (χ0) is 13.0. The molecule has 1 aromatic carbocycles. The van der Waals surface area contributed by atoms with Gasteiger partial charge in [0, 0.05) is 38.6 Å². The smallest absolute Gasteiger partial charge is 0.218 e. The van der Waals surface area contributed by atoms with Gasteiger partial charge in [0.1, 0.15) is 0 Å². The van der Waals surface area contributed by atoms with E-state index in [4.69, 9.17) is 5.73 Å². The van der Waals surface area contributed by atoms with Gasteiger partial charge < -0.3 is 10.6 Å². The fraction of sp³-hybridized carbons (Fsp3) is 0.500. The second-order valence-corrected chi connectivity index (χ2v) is 4.94. The molecule has 0 aromatic heterocycles. The Bertz CT molecular complexity index is 393. The minimum Gasteiger partial charge on any atom is -0.370 e. The van der Waals surface area contributed by atoms with Gasteiger partial charge in [-0.3, -0.25) is 9.69 Å². The first kappa shape index (κ1) is 13.1. The van der Waals surface area contributed by atoms with Crippen LogP contribution in [0.25, 0.3) is 0 Å². The van der Waals surface area contributed by atoms with Crippen LogP contribution in [0.2, 0.25) is 0 Å². The van der Waals surface area contributed by atoms with Crippen molar-refractivity contribution in [2.45, 2.75) is 12.5 Å². The van der Waals surface area contributed by atoms with Gasteiger partial charge in [-0.05, 0) is 12.6 Å². The van der Waals surface area contributed by atoms with Crippen LogP contribution in [0.4, 0.5) is 0 Å². The molecular weight excluding hydrogens is 226 g/mol. The summed E-state index contributed by atoms with van der Waals surface area (Å²) in [6.07, 6.45) is 0.438. The number of hydrogen-bond acceptors (Lipinski definition) is 3. The van der Waals surface area contributed by atoms with Gasteiger partial charge in [0.05, 0.1) is 0 Å². The fourth-order valence-corrected chi connectivity index (χ4v) is 2.47. The first-order valence-corrected chi connectivity index (χ1v) is 6.42. The zero-order valence-electron chi connectivity index (χ0n) is 10.9. The molecule has 1 amide bonds. The Kier molecular flexibility index (Phi) is 4.33. The predicted molar refractivity (Wildman–Crippen MR) is 72.1 cm³/mol. The van der Waals surface area contributed by atoms with E-state index in [-0.39, 0.29) is 5.91 Å². The van der Waals surface area contributed by atoms with Gasteiger partial charge in [-0.25, -0.2) is 0 Å². The third-order valence-electron chi connectivity index (χ3n) is 3.52. The van der Waals surface area contributed by atoms with Crippen molar-refractivity contribution >= 4 is 5.91 Å². The summed E-state index contributed by atoms with van der Waals surface area (Å²) in [5.74, 6) is -0.222. The van der Waals surface area contributed by atoms with E-state index in [1.54, 1.807) is 0 Å². The molecule has 0 bridgehead atoms. The largest absolute Gasteiger partial charge is 0.370 e. The van der Waals surface area contributed by atoms with Crippen molar-refractivity contribution in [3.05, 3.63) is 35.9 Å². The standard InChI is InChI=1S/C14H21N3O/c1-16-9-10-17(8-7-14(15)18)13(11-16)12-5-3-2-4-6-12/h2-6,13H,7-11H2,1H3,(H2,15,18). The van der Waals surface area contributed by atoms with E-state index in [0.29, 0.717) is 12.5 Å². The van der Waals surface area contributed by atoms with Gasteiger partial charge in [-0.2, -0.15) is 0 Å². The Hall–Kier alpha value is -1.39. The second kappa shape index (κ2) is 5.98. The molecule has 1 fully saturated rings. The number of likely N-dealkylation sites (N-methyl/N-ethyl adjacent to an activating group) is 1. The van der Waals surface area contributed by atoms with E-state index in [1.807, 2.05) is 6.07 Å². The lowest BCUT2D eigenvalue weighted by Crippen LogP contribution is -2.47. The van der Waals surface area contributed by atoms with E-state index in [1.165, 1.54) is 5.56 Å². The molecule has 1 aliphatic rings. The maximum absolute atomic E-state index is 10.9. The summed E-state index contributed by atoms with van der Waals surface area (Å²) < 4.78 is 0. The number of nitrogens with two attached hydrogens (primary N) is 1. The molecule has 1 heterocycles.